The summed E-state index contributed by atoms with van der Waals surface area (Å²) in [5.74, 6) is 0.420. The maximum atomic E-state index is 11.5. The lowest BCUT2D eigenvalue weighted by Crippen LogP contribution is -2.35. The van der Waals surface area contributed by atoms with Crippen molar-refractivity contribution in [3.8, 4) is 5.75 Å². The van der Waals surface area contributed by atoms with E-state index in [1.807, 2.05) is 24.8 Å². The first kappa shape index (κ1) is 17.2. The fourth-order valence-corrected chi connectivity index (χ4v) is 1.99. The second-order valence-corrected chi connectivity index (χ2v) is 5.16. The normalized spacial score (nSPS) is 10.8. The standard InChI is InChI=1S/C16H23NO4/c1-11(2)17(10-16(19)21-5)9-14-8-13(12(3)18)6-7-15(14)20-4/h6-8,11H,9-10H2,1-5H3. The fraction of sp³-hybridized carbons (Fsp3) is 0.500. The van der Waals surface area contributed by atoms with E-state index in [0.29, 0.717) is 17.9 Å². The molecule has 0 aromatic heterocycles. The molecule has 5 heteroatoms. The van der Waals surface area contributed by atoms with Gasteiger partial charge in [-0.2, -0.15) is 0 Å². The highest BCUT2D eigenvalue weighted by atomic mass is 16.5. The van der Waals surface area contributed by atoms with Gasteiger partial charge in [0.05, 0.1) is 20.8 Å². The molecule has 116 valence electrons. The zero-order chi connectivity index (χ0) is 16.0. The van der Waals surface area contributed by atoms with Crippen LogP contribution >= 0.6 is 0 Å². The Kier molecular flexibility index (Phi) is 6.37. The number of rotatable bonds is 7. The lowest BCUT2D eigenvalue weighted by Gasteiger charge is -2.26. The summed E-state index contributed by atoms with van der Waals surface area (Å²) in [7, 11) is 2.96. The van der Waals surface area contributed by atoms with Gasteiger partial charge in [0.1, 0.15) is 5.75 Å². The predicted molar refractivity (Wildman–Crippen MR) is 80.6 cm³/mol. The van der Waals surface area contributed by atoms with E-state index < -0.39 is 0 Å². The Hall–Kier alpha value is -1.88. The summed E-state index contributed by atoms with van der Waals surface area (Å²) in [6.07, 6.45) is 0. The van der Waals surface area contributed by atoms with Crippen molar-refractivity contribution in [1.82, 2.24) is 4.90 Å². The number of methoxy groups -OCH3 is 2. The lowest BCUT2D eigenvalue weighted by atomic mass is 10.1. The van der Waals surface area contributed by atoms with Gasteiger partial charge < -0.3 is 9.47 Å². The molecular weight excluding hydrogens is 270 g/mol. The first-order valence-corrected chi connectivity index (χ1v) is 6.87. The van der Waals surface area contributed by atoms with Crippen molar-refractivity contribution in [2.75, 3.05) is 20.8 Å². The molecule has 0 atom stereocenters. The number of ether oxygens (including phenoxy) is 2. The van der Waals surface area contributed by atoms with Crippen molar-refractivity contribution in [2.24, 2.45) is 0 Å². The Labute approximate surface area is 125 Å². The Morgan fingerprint density at radius 1 is 1.24 bits per heavy atom. The second-order valence-electron chi connectivity index (χ2n) is 5.16. The molecule has 1 aromatic rings. The van der Waals surface area contributed by atoms with Crippen LogP contribution in [0.4, 0.5) is 0 Å². The zero-order valence-corrected chi connectivity index (χ0v) is 13.3. The van der Waals surface area contributed by atoms with E-state index >= 15 is 0 Å². The van der Waals surface area contributed by atoms with Crippen LogP contribution in [-0.2, 0) is 16.1 Å². The van der Waals surface area contributed by atoms with Gasteiger partial charge in [0.2, 0.25) is 0 Å². The topological polar surface area (TPSA) is 55.8 Å². The van der Waals surface area contributed by atoms with Crippen LogP contribution in [0.2, 0.25) is 0 Å². The van der Waals surface area contributed by atoms with E-state index in [4.69, 9.17) is 9.47 Å². The number of hydrogen-bond donors (Lipinski definition) is 0. The molecule has 21 heavy (non-hydrogen) atoms. The molecular formula is C16H23NO4. The number of nitrogens with zero attached hydrogens (tertiary/aromatic N) is 1. The molecule has 1 rings (SSSR count). The molecule has 0 spiro atoms. The third-order valence-electron chi connectivity index (χ3n) is 3.35. The molecule has 0 N–H and O–H groups in total. The van der Waals surface area contributed by atoms with Crippen LogP contribution in [0.3, 0.4) is 0 Å². The summed E-state index contributed by atoms with van der Waals surface area (Å²) >= 11 is 0. The fourth-order valence-electron chi connectivity index (χ4n) is 1.99. The smallest absolute Gasteiger partial charge is 0.319 e. The molecule has 0 radical (unpaired) electrons. The molecule has 0 heterocycles. The van der Waals surface area contributed by atoms with Crippen LogP contribution in [0, 0.1) is 0 Å². The minimum atomic E-state index is -0.287. The van der Waals surface area contributed by atoms with E-state index in [0.717, 1.165) is 5.56 Å². The first-order chi connectivity index (χ1) is 9.88. The highest BCUT2D eigenvalue weighted by Gasteiger charge is 2.17. The van der Waals surface area contributed by atoms with Crippen molar-refractivity contribution in [2.45, 2.75) is 33.4 Å². The molecule has 0 unspecified atom stereocenters. The average Bonchev–Trinajstić information content (AvgIpc) is 2.45. The van der Waals surface area contributed by atoms with Crippen LogP contribution in [0.15, 0.2) is 18.2 Å². The highest BCUT2D eigenvalue weighted by molar-refractivity contribution is 5.94. The number of carbonyl (C=O) groups is 2. The number of carbonyl (C=O) groups excluding carboxylic acids is 2. The van der Waals surface area contributed by atoms with Crippen molar-refractivity contribution in [3.63, 3.8) is 0 Å². The predicted octanol–water partition coefficient (Wildman–Crippen LogP) is 2.28. The Balaban J connectivity index is 3.03. The van der Waals surface area contributed by atoms with Gasteiger partial charge >= 0.3 is 5.97 Å². The first-order valence-electron chi connectivity index (χ1n) is 6.87. The van der Waals surface area contributed by atoms with Crippen molar-refractivity contribution in [3.05, 3.63) is 29.3 Å². The van der Waals surface area contributed by atoms with Crippen molar-refractivity contribution in [1.29, 1.82) is 0 Å². The summed E-state index contributed by atoms with van der Waals surface area (Å²) in [5.41, 5.74) is 1.51. The maximum absolute atomic E-state index is 11.5. The monoisotopic (exact) mass is 293 g/mol. The SMILES string of the molecule is COC(=O)CN(Cc1cc(C(C)=O)ccc1OC)C(C)C. The van der Waals surface area contributed by atoms with Crippen molar-refractivity contribution < 1.29 is 19.1 Å². The molecule has 0 aliphatic rings. The molecule has 0 aliphatic carbocycles. The molecule has 0 saturated heterocycles. The molecule has 1 aromatic carbocycles. The molecule has 0 bridgehead atoms. The quantitative estimate of drug-likeness (QED) is 0.570. The molecule has 0 saturated carbocycles. The van der Waals surface area contributed by atoms with Gasteiger partial charge in [-0.25, -0.2) is 0 Å². The summed E-state index contributed by atoms with van der Waals surface area (Å²) in [6.45, 7) is 6.24. The van der Waals surface area contributed by atoms with E-state index in [9.17, 15) is 9.59 Å². The van der Waals surface area contributed by atoms with Gasteiger partial charge in [-0.15, -0.1) is 0 Å². The van der Waals surface area contributed by atoms with Crippen LogP contribution in [-0.4, -0.2) is 43.5 Å². The number of benzene rings is 1. The third kappa shape index (κ3) is 4.86. The Bertz CT molecular complexity index is 511. The molecule has 0 amide bonds. The Morgan fingerprint density at radius 2 is 1.90 bits per heavy atom. The van der Waals surface area contributed by atoms with Gasteiger partial charge in [-0.1, -0.05) is 0 Å². The summed E-state index contributed by atoms with van der Waals surface area (Å²) in [4.78, 5) is 25.0. The summed E-state index contributed by atoms with van der Waals surface area (Å²) in [5, 5.41) is 0. The zero-order valence-electron chi connectivity index (χ0n) is 13.3. The number of Topliss-reactive ketones (excluding diaryl/α,β-unsaturated/α-hetero) is 1. The highest BCUT2D eigenvalue weighted by Crippen LogP contribution is 2.22. The van der Waals surface area contributed by atoms with E-state index in [1.165, 1.54) is 14.0 Å². The second kappa shape index (κ2) is 7.78. The number of ketones is 1. The van der Waals surface area contributed by atoms with E-state index in [2.05, 4.69) is 0 Å². The van der Waals surface area contributed by atoms with Crippen LogP contribution in [0.5, 0.6) is 5.75 Å². The van der Waals surface area contributed by atoms with Gasteiger partial charge in [-0.3, -0.25) is 14.5 Å². The number of hydrogen-bond acceptors (Lipinski definition) is 5. The van der Waals surface area contributed by atoms with Gasteiger partial charge in [0, 0.05) is 23.7 Å². The van der Waals surface area contributed by atoms with Gasteiger partial charge in [0.15, 0.2) is 5.78 Å². The lowest BCUT2D eigenvalue weighted by molar-refractivity contribution is -0.142. The maximum Gasteiger partial charge on any atom is 0.319 e. The molecule has 0 fully saturated rings. The largest absolute Gasteiger partial charge is 0.496 e. The summed E-state index contributed by atoms with van der Waals surface area (Å²) in [6, 6.07) is 5.50. The van der Waals surface area contributed by atoms with E-state index in [-0.39, 0.29) is 24.3 Å². The Morgan fingerprint density at radius 3 is 2.38 bits per heavy atom. The van der Waals surface area contributed by atoms with E-state index in [1.54, 1.807) is 19.2 Å². The van der Waals surface area contributed by atoms with Crippen LogP contribution in [0.1, 0.15) is 36.7 Å². The minimum Gasteiger partial charge on any atom is -0.496 e. The molecule has 0 aliphatic heterocycles. The third-order valence-corrected chi connectivity index (χ3v) is 3.35. The van der Waals surface area contributed by atoms with Crippen molar-refractivity contribution >= 4 is 11.8 Å². The van der Waals surface area contributed by atoms with Crippen LogP contribution in [0.25, 0.3) is 0 Å². The number of esters is 1. The molecule has 5 nitrogen and oxygen atoms in total. The van der Waals surface area contributed by atoms with Gasteiger partial charge in [-0.05, 0) is 39.0 Å². The minimum absolute atomic E-state index is 0.00275. The summed E-state index contributed by atoms with van der Waals surface area (Å²) < 4.78 is 10.1. The van der Waals surface area contributed by atoms with Gasteiger partial charge in [0.25, 0.3) is 0 Å². The van der Waals surface area contributed by atoms with Crippen LogP contribution < -0.4 is 4.74 Å². The average molecular weight is 293 g/mol.